The van der Waals surface area contributed by atoms with Crippen LogP contribution in [0.15, 0.2) is 22.7 Å². The van der Waals surface area contributed by atoms with E-state index in [2.05, 4.69) is 66.8 Å². The second kappa shape index (κ2) is 7.91. The standard InChI is InChI=1S/C16H27BrN2/c1-5-7-12(3)19(4)16-9-8-13(11-15(16)17)10-14(18)6-2/h8-9,11-12,14H,5-7,10,18H2,1-4H3. The Labute approximate surface area is 126 Å². The molecular weight excluding hydrogens is 300 g/mol. The molecule has 0 bridgehead atoms. The number of halogens is 1. The van der Waals surface area contributed by atoms with Gasteiger partial charge in [-0.15, -0.1) is 0 Å². The lowest BCUT2D eigenvalue weighted by Gasteiger charge is -2.28. The van der Waals surface area contributed by atoms with E-state index in [1.807, 2.05) is 0 Å². The molecule has 0 amide bonds. The summed E-state index contributed by atoms with van der Waals surface area (Å²) < 4.78 is 1.17. The first-order chi connectivity index (χ1) is 8.99. The maximum atomic E-state index is 6.01. The molecule has 0 saturated carbocycles. The van der Waals surface area contributed by atoms with Crippen LogP contribution < -0.4 is 10.6 Å². The minimum atomic E-state index is 0.259. The van der Waals surface area contributed by atoms with Gasteiger partial charge in [0.2, 0.25) is 0 Å². The van der Waals surface area contributed by atoms with Crippen LogP contribution in [0.5, 0.6) is 0 Å². The maximum Gasteiger partial charge on any atom is 0.0510 e. The maximum absolute atomic E-state index is 6.01. The lowest BCUT2D eigenvalue weighted by atomic mass is 10.0. The highest BCUT2D eigenvalue weighted by Crippen LogP contribution is 2.29. The number of benzene rings is 1. The number of anilines is 1. The Bertz CT molecular complexity index is 392. The summed E-state index contributed by atoms with van der Waals surface area (Å²) in [5.41, 5.74) is 8.58. The van der Waals surface area contributed by atoms with Crippen LogP contribution >= 0.6 is 15.9 Å². The lowest BCUT2D eigenvalue weighted by Crippen LogP contribution is -2.29. The predicted molar refractivity (Wildman–Crippen MR) is 88.9 cm³/mol. The zero-order chi connectivity index (χ0) is 14.4. The normalized spacial score (nSPS) is 14.2. The van der Waals surface area contributed by atoms with Crippen molar-refractivity contribution in [2.75, 3.05) is 11.9 Å². The van der Waals surface area contributed by atoms with Gasteiger partial charge >= 0.3 is 0 Å². The molecule has 1 aromatic carbocycles. The van der Waals surface area contributed by atoms with Gasteiger partial charge in [0.05, 0.1) is 5.69 Å². The van der Waals surface area contributed by atoms with E-state index in [4.69, 9.17) is 5.73 Å². The molecule has 19 heavy (non-hydrogen) atoms. The first-order valence-electron chi connectivity index (χ1n) is 7.26. The molecule has 0 heterocycles. The van der Waals surface area contributed by atoms with Crippen LogP contribution in [0, 0.1) is 0 Å². The molecule has 2 unspecified atom stereocenters. The van der Waals surface area contributed by atoms with E-state index in [9.17, 15) is 0 Å². The largest absolute Gasteiger partial charge is 0.371 e. The molecule has 0 aliphatic rings. The molecule has 0 fully saturated rings. The molecule has 2 N–H and O–H groups in total. The molecule has 0 saturated heterocycles. The Morgan fingerprint density at radius 3 is 2.53 bits per heavy atom. The third-order valence-corrected chi connectivity index (χ3v) is 4.42. The molecular formula is C16H27BrN2. The highest BCUT2D eigenvalue weighted by atomic mass is 79.9. The van der Waals surface area contributed by atoms with Crippen molar-refractivity contribution in [2.45, 2.75) is 58.5 Å². The van der Waals surface area contributed by atoms with Crippen molar-refractivity contribution < 1.29 is 0 Å². The van der Waals surface area contributed by atoms with Gasteiger partial charge in [0.25, 0.3) is 0 Å². The summed E-state index contributed by atoms with van der Waals surface area (Å²) in [5, 5.41) is 0. The molecule has 0 aliphatic heterocycles. The van der Waals surface area contributed by atoms with Gasteiger partial charge in [-0.2, -0.15) is 0 Å². The molecule has 0 radical (unpaired) electrons. The molecule has 0 aliphatic carbocycles. The van der Waals surface area contributed by atoms with Crippen molar-refractivity contribution in [3.63, 3.8) is 0 Å². The molecule has 3 heteroatoms. The summed E-state index contributed by atoms with van der Waals surface area (Å²) >= 11 is 3.70. The highest BCUT2D eigenvalue weighted by molar-refractivity contribution is 9.10. The van der Waals surface area contributed by atoms with Gasteiger partial charge in [-0.05, 0) is 59.8 Å². The number of nitrogens with zero attached hydrogens (tertiary/aromatic N) is 1. The Hall–Kier alpha value is -0.540. The van der Waals surface area contributed by atoms with Gasteiger partial charge in [0.15, 0.2) is 0 Å². The molecule has 108 valence electrons. The fourth-order valence-corrected chi connectivity index (χ4v) is 2.97. The average molecular weight is 327 g/mol. The van der Waals surface area contributed by atoms with E-state index >= 15 is 0 Å². The van der Waals surface area contributed by atoms with E-state index in [0.29, 0.717) is 6.04 Å². The first kappa shape index (κ1) is 16.5. The Kier molecular flexibility index (Phi) is 6.87. The molecule has 1 rings (SSSR count). The zero-order valence-corrected chi connectivity index (χ0v) is 14.2. The number of hydrogen-bond acceptors (Lipinski definition) is 2. The van der Waals surface area contributed by atoms with Gasteiger partial charge < -0.3 is 10.6 Å². The van der Waals surface area contributed by atoms with Crippen LogP contribution in [0.2, 0.25) is 0 Å². The third-order valence-electron chi connectivity index (χ3n) is 3.78. The minimum Gasteiger partial charge on any atom is -0.371 e. The van der Waals surface area contributed by atoms with Gasteiger partial charge in [0, 0.05) is 23.6 Å². The van der Waals surface area contributed by atoms with Crippen LogP contribution in [0.1, 0.15) is 45.6 Å². The van der Waals surface area contributed by atoms with Gasteiger partial charge in [-0.1, -0.05) is 26.3 Å². The van der Waals surface area contributed by atoms with Crippen LogP contribution in [0.25, 0.3) is 0 Å². The Morgan fingerprint density at radius 2 is 2.00 bits per heavy atom. The summed E-state index contributed by atoms with van der Waals surface area (Å²) in [4.78, 5) is 2.34. The SMILES string of the molecule is CCCC(C)N(C)c1ccc(CC(N)CC)cc1Br. The Balaban J connectivity index is 2.82. The van der Waals surface area contributed by atoms with Crippen molar-refractivity contribution >= 4 is 21.6 Å². The molecule has 2 atom stereocenters. The summed E-state index contributed by atoms with van der Waals surface area (Å²) in [6.45, 7) is 6.64. The molecule has 1 aromatic rings. The predicted octanol–water partition coefficient (Wildman–Crippen LogP) is 4.35. The number of hydrogen-bond donors (Lipinski definition) is 1. The molecule has 2 nitrogen and oxygen atoms in total. The van der Waals surface area contributed by atoms with Crippen LogP contribution in [0.3, 0.4) is 0 Å². The van der Waals surface area contributed by atoms with Crippen molar-refractivity contribution in [1.82, 2.24) is 0 Å². The quantitative estimate of drug-likeness (QED) is 0.806. The van der Waals surface area contributed by atoms with Crippen LogP contribution in [-0.2, 0) is 6.42 Å². The van der Waals surface area contributed by atoms with Crippen LogP contribution in [0.4, 0.5) is 5.69 Å². The summed E-state index contributed by atoms with van der Waals surface area (Å²) in [5.74, 6) is 0. The summed E-state index contributed by atoms with van der Waals surface area (Å²) in [7, 11) is 2.16. The minimum absolute atomic E-state index is 0.259. The summed E-state index contributed by atoms with van der Waals surface area (Å²) in [6.07, 6.45) is 4.40. The van der Waals surface area contributed by atoms with E-state index in [1.54, 1.807) is 0 Å². The topological polar surface area (TPSA) is 29.3 Å². The van der Waals surface area contributed by atoms with E-state index in [1.165, 1.54) is 28.6 Å². The first-order valence-corrected chi connectivity index (χ1v) is 8.05. The smallest absolute Gasteiger partial charge is 0.0510 e. The van der Waals surface area contributed by atoms with Gasteiger partial charge in [0.1, 0.15) is 0 Å². The fraction of sp³-hybridized carbons (Fsp3) is 0.625. The molecule has 0 spiro atoms. The van der Waals surface area contributed by atoms with Crippen molar-refractivity contribution in [3.8, 4) is 0 Å². The van der Waals surface area contributed by atoms with E-state index in [0.717, 1.165) is 12.8 Å². The third kappa shape index (κ3) is 4.81. The summed E-state index contributed by atoms with van der Waals surface area (Å²) in [6, 6.07) is 7.43. The second-order valence-electron chi connectivity index (χ2n) is 5.41. The lowest BCUT2D eigenvalue weighted by molar-refractivity contribution is 0.615. The van der Waals surface area contributed by atoms with Gasteiger partial charge in [-0.3, -0.25) is 0 Å². The van der Waals surface area contributed by atoms with Crippen molar-refractivity contribution in [3.05, 3.63) is 28.2 Å². The van der Waals surface area contributed by atoms with Crippen molar-refractivity contribution in [1.29, 1.82) is 0 Å². The second-order valence-corrected chi connectivity index (χ2v) is 6.26. The van der Waals surface area contributed by atoms with Gasteiger partial charge in [-0.25, -0.2) is 0 Å². The van der Waals surface area contributed by atoms with E-state index < -0.39 is 0 Å². The fourth-order valence-electron chi connectivity index (χ4n) is 2.26. The highest BCUT2D eigenvalue weighted by Gasteiger charge is 2.13. The van der Waals surface area contributed by atoms with E-state index in [-0.39, 0.29) is 6.04 Å². The average Bonchev–Trinajstić information content (AvgIpc) is 2.38. The molecule has 0 aromatic heterocycles. The zero-order valence-electron chi connectivity index (χ0n) is 12.6. The number of nitrogens with two attached hydrogens (primary N) is 1. The monoisotopic (exact) mass is 326 g/mol. The van der Waals surface area contributed by atoms with Crippen molar-refractivity contribution in [2.24, 2.45) is 5.73 Å². The number of rotatable bonds is 7. The van der Waals surface area contributed by atoms with Crippen LogP contribution in [-0.4, -0.2) is 19.1 Å². The Morgan fingerprint density at radius 1 is 1.32 bits per heavy atom.